The smallest absolute Gasteiger partial charge is 0.220 e. The fraction of sp³-hybridized carbons (Fsp3) is 0.889. The molecule has 0 fully saturated rings. The van der Waals surface area contributed by atoms with Crippen LogP contribution in [0, 0.1) is 0 Å². The van der Waals surface area contributed by atoms with Crippen LogP contribution in [0.15, 0.2) is 11.1 Å². The Balaban J connectivity index is 2.09. The minimum absolute atomic E-state index is 0.0530. The van der Waals surface area contributed by atoms with Crippen LogP contribution < -0.4 is 5.32 Å². The summed E-state index contributed by atoms with van der Waals surface area (Å²) in [5, 5.41) is 23.0. The summed E-state index contributed by atoms with van der Waals surface area (Å²) in [6.45, 7) is 4.23. The Morgan fingerprint density at radius 3 is 1.81 bits per heavy atom. The fourth-order valence-corrected chi connectivity index (χ4v) is 4.39. The highest BCUT2D eigenvalue weighted by molar-refractivity contribution is 5.76. The van der Waals surface area contributed by atoms with Crippen LogP contribution in [0.25, 0.3) is 0 Å². The molecule has 0 heterocycles. The third-order valence-electron chi connectivity index (χ3n) is 6.60. The van der Waals surface area contributed by atoms with Crippen LogP contribution in [0.3, 0.4) is 0 Å². The van der Waals surface area contributed by atoms with Crippen molar-refractivity contribution in [3.63, 3.8) is 0 Å². The Labute approximate surface area is 192 Å². The largest absolute Gasteiger partial charge is 0.394 e. The van der Waals surface area contributed by atoms with E-state index in [0.29, 0.717) is 6.42 Å². The molecule has 0 aromatic rings. The molecule has 0 spiro atoms. The Hall–Kier alpha value is -0.870. The summed E-state index contributed by atoms with van der Waals surface area (Å²) in [5.74, 6) is -0.0530. The Bertz CT molecular complexity index is 489. The van der Waals surface area contributed by atoms with Gasteiger partial charge in [0.25, 0.3) is 0 Å². The standard InChI is InChI=1S/C27H51NO3/c1-3-5-7-9-10-11-12-13-14-16-17-19-23-21-24(23)27(31)25(22-29)28-26(30)20-18-15-8-6-4-2/h25,27,29,31H,3-22H2,1-2H3,(H,28,30). The predicted molar refractivity (Wildman–Crippen MR) is 131 cm³/mol. The van der Waals surface area contributed by atoms with Gasteiger partial charge in [0.2, 0.25) is 5.91 Å². The van der Waals surface area contributed by atoms with Crippen molar-refractivity contribution >= 4 is 5.91 Å². The zero-order valence-electron chi connectivity index (χ0n) is 20.6. The summed E-state index contributed by atoms with van der Waals surface area (Å²) in [6, 6.07) is -0.562. The molecule has 1 aliphatic carbocycles. The van der Waals surface area contributed by atoms with Crippen LogP contribution in [-0.4, -0.2) is 34.9 Å². The van der Waals surface area contributed by atoms with Gasteiger partial charge < -0.3 is 15.5 Å². The van der Waals surface area contributed by atoms with Gasteiger partial charge >= 0.3 is 0 Å². The number of rotatable bonds is 22. The molecule has 1 amide bonds. The van der Waals surface area contributed by atoms with Crippen molar-refractivity contribution < 1.29 is 15.0 Å². The summed E-state index contributed by atoms with van der Waals surface area (Å²) < 4.78 is 0. The van der Waals surface area contributed by atoms with Gasteiger partial charge in [-0.1, -0.05) is 109 Å². The van der Waals surface area contributed by atoms with Crippen LogP contribution in [-0.2, 0) is 4.79 Å². The molecule has 0 aromatic carbocycles. The van der Waals surface area contributed by atoms with Crippen molar-refractivity contribution in [1.29, 1.82) is 0 Å². The minimum atomic E-state index is -0.725. The Morgan fingerprint density at radius 2 is 1.29 bits per heavy atom. The summed E-state index contributed by atoms with van der Waals surface area (Å²) in [6.07, 6.45) is 22.0. The first-order chi connectivity index (χ1) is 15.1. The van der Waals surface area contributed by atoms with E-state index in [1.54, 1.807) is 0 Å². The van der Waals surface area contributed by atoms with E-state index in [0.717, 1.165) is 31.3 Å². The maximum Gasteiger partial charge on any atom is 0.220 e. The van der Waals surface area contributed by atoms with Gasteiger partial charge in [-0.25, -0.2) is 0 Å². The average molecular weight is 438 g/mol. The molecule has 182 valence electrons. The molecule has 4 nitrogen and oxygen atoms in total. The van der Waals surface area contributed by atoms with Crippen molar-refractivity contribution in [1.82, 2.24) is 5.32 Å². The highest BCUT2D eigenvalue weighted by atomic mass is 16.3. The van der Waals surface area contributed by atoms with Gasteiger partial charge in [-0.2, -0.15) is 0 Å². The number of amides is 1. The SMILES string of the molecule is CCCCCCCCCCCCCC1=C(C(O)C(CO)NC(=O)CCCCCCC)C1. The molecule has 2 unspecified atom stereocenters. The average Bonchev–Trinajstić information content (AvgIpc) is 3.54. The lowest BCUT2D eigenvalue weighted by Crippen LogP contribution is -2.45. The van der Waals surface area contributed by atoms with Crippen molar-refractivity contribution in [3.05, 3.63) is 11.1 Å². The summed E-state index contributed by atoms with van der Waals surface area (Å²) in [5.41, 5.74) is 2.39. The zero-order chi connectivity index (χ0) is 22.7. The highest BCUT2D eigenvalue weighted by Crippen LogP contribution is 2.38. The number of allylic oxidation sites excluding steroid dienone is 1. The monoisotopic (exact) mass is 437 g/mol. The van der Waals surface area contributed by atoms with E-state index in [1.165, 1.54) is 95.5 Å². The van der Waals surface area contributed by atoms with E-state index in [-0.39, 0.29) is 12.5 Å². The molecule has 4 heteroatoms. The summed E-state index contributed by atoms with van der Waals surface area (Å²) in [4.78, 5) is 12.1. The first-order valence-electron chi connectivity index (χ1n) is 13.4. The second kappa shape index (κ2) is 18.7. The maximum atomic E-state index is 12.1. The molecule has 0 saturated carbocycles. The summed E-state index contributed by atoms with van der Waals surface area (Å²) >= 11 is 0. The third kappa shape index (κ3) is 14.0. The lowest BCUT2D eigenvalue weighted by molar-refractivity contribution is -0.123. The quantitative estimate of drug-likeness (QED) is 0.132. The van der Waals surface area contributed by atoms with Gasteiger partial charge in [0.05, 0.1) is 18.8 Å². The molecule has 0 aromatic heterocycles. The molecule has 0 saturated heterocycles. The first kappa shape index (κ1) is 28.2. The number of aliphatic hydroxyl groups is 2. The Kier molecular flexibility index (Phi) is 17.0. The van der Waals surface area contributed by atoms with E-state index in [1.807, 2.05) is 0 Å². The van der Waals surface area contributed by atoms with Crippen LogP contribution in [0.2, 0.25) is 0 Å². The van der Waals surface area contributed by atoms with Gasteiger partial charge in [0.15, 0.2) is 0 Å². The molecule has 31 heavy (non-hydrogen) atoms. The maximum absolute atomic E-state index is 12.1. The number of hydrogen-bond donors (Lipinski definition) is 3. The van der Waals surface area contributed by atoms with E-state index < -0.39 is 12.1 Å². The van der Waals surface area contributed by atoms with Crippen LogP contribution >= 0.6 is 0 Å². The third-order valence-corrected chi connectivity index (χ3v) is 6.60. The molecule has 1 rings (SSSR count). The van der Waals surface area contributed by atoms with Gasteiger partial charge in [-0.3, -0.25) is 4.79 Å². The number of carbonyl (C=O) groups excluding carboxylic acids is 1. The summed E-state index contributed by atoms with van der Waals surface area (Å²) in [7, 11) is 0. The molecular formula is C27H51NO3. The second-order valence-electron chi connectivity index (χ2n) is 9.56. The van der Waals surface area contributed by atoms with Crippen LogP contribution in [0.4, 0.5) is 0 Å². The Morgan fingerprint density at radius 1 is 0.806 bits per heavy atom. The molecule has 2 atom stereocenters. The molecule has 0 bridgehead atoms. The van der Waals surface area contributed by atoms with Crippen molar-refractivity contribution in [3.8, 4) is 0 Å². The fourth-order valence-electron chi connectivity index (χ4n) is 4.39. The number of hydrogen-bond acceptors (Lipinski definition) is 3. The minimum Gasteiger partial charge on any atom is -0.394 e. The topological polar surface area (TPSA) is 69.6 Å². The van der Waals surface area contributed by atoms with E-state index in [9.17, 15) is 15.0 Å². The van der Waals surface area contributed by atoms with Gasteiger partial charge in [-0.15, -0.1) is 0 Å². The van der Waals surface area contributed by atoms with Gasteiger partial charge in [0, 0.05) is 6.42 Å². The van der Waals surface area contributed by atoms with Crippen molar-refractivity contribution in [2.24, 2.45) is 0 Å². The number of unbranched alkanes of at least 4 members (excludes halogenated alkanes) is 14. The number of carbonyl (C=O) groups is 1. The van der Waals surface area contributed by atoms with Crippen LogP contribution in [0.5, 0.6) is 0 Å². The van der Waals surface area contributed by atoms with Gasteiger partial charge in [0.1, 0.15) is 0 Å². The first-order valence-corrected chi connectivity index (χ1v) is 13.4. The normalized spacial score (nSPS) is 15.2. The van der Waals surface area contributed by atoms with Gasteiger partial charge in [-0.05, 0) is 31.3 Å². The molecular weight excluding hydrogens is 386 g/mol. The number of aliphatic hydroxyl groups excluding tert-OH is 2. The molecule has 3 N–H and O–H groups in total. The van der Waals surface area contributed by atoms with E-state index in [4.69, 9.17) is 0 Å². The van der Waals surface area contributed by atoms with E-state index >= 15 is 0 Å². The van der Waals surface area contributed by atoms with E-state index in [2.05, 4.69) is 19.2 Å². The van der Waals surface area contributed by atoms with Crippen molar-refractivity contribution in [2.45, 2.75) is 148 Å². The molecule has 1 aliphatic rings. The lowest BCUT2D eigenvalue weighted by atomic mass is 10.0. The second-order valence-corrected chi connectivity index (χ2v) is 9.56. The predicted octanol–water partition coefficient (Wildman–Crippen LogP) is 6.59. The van der Waals surface area contributed by atoms with Crippen LogP contribution in [0.1, 0.15) is 136 Å². The molecule has 0 aliphatic heterocycles. The zero-order valence-corrected chi connectivity index (χ0v) is 20.6. The number of nitrogens with one attached hydrogen (secondary N) is 1. The van der Waals surface area contributed by atoms with Crippen molar-refractivity contribution in [2.75, 3.05) is 6.61 Å². The lowest BCUT2D eigenvalue weighted by Gasteiger charge is -2.20. The molecule has 0 radical (unpaired) electrons. The highest BCUT2D eigenvalue weighted by Gasteiger charge is 2.33.